The number of carbonyl (C=O) groups excluding carboxylic acids is 2. The predicted octanol–water partition coefficient (Wildman–Crippen LogP) is 2.11. The van der Waals surface area contributed by atoms with E-state index < -0.39 is 0 Å². The van der Waals surface area contributed by atoms with Gasteiger partial charge in [-0.05, 0) is 12.5 Å². The van der Waals surface area contributed by atoms with Gasteiger partial charge in [-0.1, -0.05) is 42.1 Å². The first kappa shape index (κ1) is 14.6. The molecule has 1 aliphatic rings. The van der Waals surface area contributed by atoms with Gasteiger partial charge >= 0.3 is 6.03 Å². The van der Waals surface area contributed by atoms with Crippen LogP contribution in [0.1, 0.15) is 6.92 Å². The highest BCUT2D eigenvalue weighted by Crippen LogP contribution is 2.25. The van der Waals surface area contributed by atoms with Gasteiger partial charge in [-0.15, -0.1) is 0 Å². The average Bonchev–Trinajstić information content (AvgIpc) is 3.16. The number of benzene rings is 1. The number of carbonyl (C=O) groups is 2. The highest BCUT2D eigenvalue weighted by atomic mass is 32.2. The van der Waals surface area contributed by atoms with Crippen molar-refractivity contribution in [2.75, 3.05) is 13.1 Å². The van der Waals surface area contributed by atoms with Gasteiger partial charge in [0.15, 0.2) is 5.16 Å². The molecule has 0 spiro atoms. The third-order valence-corrected chi connectivity index (χ3v) is 4.38. The zero-order valence-electron chi connectivity index (χ0n) is 12.1. The molecule has 1 aromatic heterocycles. The Balaban J connectivity index is 1.67. The van der Waals surface area contributed by atoms with Crippen molar-refractivity contribution in [1.29, 1.82) is 0 Å². The van der Waals surface area contributed by atoms with Crippen molar-refractivity contribution in [2.45, 2.75) is 17.3 Å². The lowest BCUT2D eigenvalue weighted by molar-refractivity contribution is -0.126. The molecule has 1 aliphatic heterocycles. The van der Waals surface area contributed by atoms with Crippen LogP contribution in [0.25, 0.3) is 11.3 Å². The molecular formula is C15H16N4O2S. The third kappa shape index (κ3) is 2.99. The Labute approximate surface area is 132 Å². The predicted molar refractivity (Wildman–Crippen MR) is 84.5 cm³/mol. The van der Waals surface area contributed by atoms with Gasteiger partial charge in [0.2, 0.25) is 5.91 Å². The minimum absolute atomic E-state index is 0.197. The molecule has 0 bridgehead atoms. The smallest absolute Gasteiger partial charge is 0.324 e. The van der Waals surface area contributed by atoms with Crippen LogP contribution in [0.3, 0.4) is 0 Å². The number of imide groups is 1. The maximum Gasteiger partial charge on any atom is 0.324 e. The van der Waals surface area contributed by atoms with Crippen LogP contribution in [0.2, 0.25) is 0 Å². The number of H-pyrrole nitrogens is 1. The lowest BCUT2D eigenvalue weighted by atomic mass is 10.2. The van der Waals surface area contributed by atoms with Gasteiger partial charge in [-0.25, -0.2) is 9.78 Å². The van der Waals surface area contributed by atoms with E-state index in [1.54, 1.807) is 13.1 Å². The zero-order valence-corrected chi connectivity index (χ0v) is 12.9. The number of hydrogen-bond acceptors (Lipinski definition) is 4. The van der Waals surface area contributed by atoms with Crippen LogP contribution in [0.15, 0.2) is 41.7 Å². The van der Waals surface area contributed by atoms with Gasteiger partial charge in [0.05, 0.1) is 17.1 Å². The number of rotatable bonds is 4. The summed E-state index contributed by atoms with van der Waals surface area (Å²) in [7, 11) is 0. The van der Waals surface area contributed by atoms with Crippen LogP contribution in [0.5, 0.6) is 0 Å². The van der Waals surface area contributed by atoms with E-state index >= 15 is 0 Å². The van der Waals surface area contributed by atoms with Gasteiger partial charge in [0, 0.05) is 13.1 Å². The summed E-state index contributed by atoms with van der Waals surface area (Å²) in [5.41, 5.74) is 1.95. The number of nitrogens with zero attached hydrogens (tertiary/aromatic N) is 2. The van der Waals surface area contributed by atoms with Crippen LogP contribution in [0.4, 0.5) is 4.79 Å². The number of aromatic amines is 1. The van der Waals surface area contributed by atoms with Crippen LogP contribution >= 0.6 is 11.8 Å². The van der Waals surface area contributed by atoms with Gasteiger partial charge in [0.25, 0.3) is 0 Å². The van der Waals surface area contributed by atoms with E-state index in [1.165, 1.54) is 16.7 Å². The fourth-order valence-corrected chi connectivity index (χ4v) is 3.09. The molecule has 22 heavy (non-hydrogen) atoms. The number of aromatic nitrogens is 2. The minimum atomic E-state index is -0.376. The summed E-state index contributed by atoms with van der Waals surface area (Å²) in [5, 5.41) is 2.92. The molecule has 1 aromatic carbocycles. The third-order valence-electron chi connectivity index (χ3n) is 3.40. The molecule has 2 aromatic rings. The lowest BCUT2D eigenvalue weighted by Gasteiger charge is -2.16. The molecule has 7 heteroatoms. The van der Waals surface area contributed by atoms with E-state index in [2.05, 4.69) is 15.3 Å². The largest absolute Gasteiger partial charge is 0.336 e. The molecular weight excluding hydrogens is 300 g/mol. The first-order valence-electron chi connectivity index (χ1n) is 7.01. The van der Waals surface area contributed by atoms with E-state index in [9.17, 15) is 9.59 Å². The second kappa shape index (κ2) is 6.23. The number of urea groups is 1. The van der Waals surface area contributed by atoms with Gasteiger partial charge < -0.3 is 10.3 Å². The normalized spacial score (nSPS) is 15.7. The zero-order chi connectivity index (χ0) is 15.5. The summed E-state index contributed by atoms with van der Waals surface area (Å²) in [5.74, 6) is -0.197. The van der Waals surface area contributed by atoms with Crippen molar-refractivity contribution in [1.82, 2.24) is 20.2 Å². The maximum absolute atomic E-state index is 12.2. The summed E-state index contributed by atoms with van der Waals surface area (Å²) in [6, 6.07) is 9.54. The molecule has 6 nitrogen and oxygen atoms in total. The Morgan fingerprint density at radius 2 is 2.14 bits per heavy atom. The van der Waals surface area contributed by atoms with E-state index in [1.807, 2.05) is 30.3 Å². The van der Waals surface area contributed by atoms with Crippen LogP contribution in [-0.4, -0.2) is 45.1 Å². The van der Waals surface area contributed by atoms with E-state index in [0.29, 0.717) is 18.2 Å². The van der Waals surface area contributed by atoms with Crippen molar-refractivity contribution >= 4 is 23.7 Å². The topological polar surface area (TPSA) is 78.1 Å². The van der Waals surface area contributed by atoms with E-state index in [0.717, 1.165) is 11.3 Å². The van der Waals surface area contributed by atoms with Crippen molar-refractivity contribution < 1.29 is 9.59 Å². The second-order valence-electron chi connectivity index (χ2n) is 4.95. The number of imidazole rings is 1. The molecule has 3 rings (SSSR count). The molecule has 3 amide bonds. The SMILES string of the molecule is CC(Sc1ncc(-c2ccccc2)[nH]1)C(=O)N1CCNC1=O. The fourth-order valence-electron chi connectivity index (χ4n) is 2.25. The summed E-state index contributed by atoms with van der Waals surface area (Å²) in [4.78, 5) is 32.5. The fraction of sp³-hybridized carbons (Fsp3) is 0.267. The summed E-state index contributed by atoms with van der Waals surface area (Å²) < 4.78 is 0. The van der Waals surface area contributed by atoms with Crippen molar-refractivity contribution in [3.8, 4) is 11.3 Å². The van der Waals surface area contributed by atoms with Crippen LogP contribution in [0, 0.1) is 0 Å². The molecule has 0 aliphatic carbocycles. The summed E-state index contributed by atoms with van der Waals surface area (Å²) in [6.45, 7) is 2.72. The van der Waals surface area contributed by atoms with Crippen molar-refractivity contribution in [2.24, 2.45) is 0 Å². The Hall–Kier alpha value is -2.28. The van der Waals surface area contributed by atoms with Crippen LogP contribution < -0.4 is 5.32 Å². The number of thioether (sulfide) groups is 1. The minimum Gasteiger partial charge on any atom is -0.336 e. The molecule has 1 fully saturated rings. The average molecular weight is 316 g/mol. The Morgan fingerprint density at radius 1 is 1.36 bits per heavy atom. The number of hydrogen-bond donors (Lipinski definition) is 2. The lowest BCUT2D eigenvalue weighted by Crippen LogP contribution is -2.38. The Kier molecular flexibility index (Phi) is 4.15. The Morgan fingerprint density at radius 3 is 2.82 bits per heavy atom. The molecule has 0 saturated carbocycles. The number of nitrogens with one attached hydrogen (secondary N) is 2. The van der Waals surface area contributed by atoms with Gasteiger partial charge in [-0.3, -0.25) is 9.69 Å². The highest BCUT2D eigenvalue weighted by Gasteiger charge is 2.30. The molecule has 2 heterocycles. The first-order valence-corrected chi connectivity index (χ1v) is 7.89. The summed E-state index contributed by atoms with van der Waals surface area (Å²) in [6.07, 6.45) is 1.75. The highest BCUT2D eigenvalue weighted by molar-refractivity contribution is 8.00. The molecule has 2 N–H and O–H groups in total. The van der Waals surface area contributed by atoms with E-state index in [4.69, 9.17) is 0 Å². The van der Waals surface area contributed by atoms with E-state index in [-0.39, 0.29) is 17.2 Å². The summed E-state index contributed by atoms with van der Waals surface area (Å²) >= 11 is 1.32. The molecule has 114 valence electrons. The first-order chi connectivity index (χ1) is 10.6. The monoisotopic (exact) mass is 316 g/mol. The molecule has 1 atom stereocenters. The standard InChI is InChI=1S/C15H16N4O2S/c1-10(13(20)19-8-7-16-15(19)21)22-14-17-9-12(18-14)11-5-3-2-4-6-11/h2-6,9-10H,7-8H2,1H3,(H,16,21)(H,17,18). The molecule has 1 unspecified atom stereocenters. The quantitative estimate of drug-likeness (QED) is 0.847. The van der Waals surface area contributed by atoms with Gasteiger partial charge in [0.1, 0.15) is 0 Å². The number of amides is 3. The maximum atomic E-state index is 12.2. The second-order valence-corrected chi connectivity index (χ2v) is 6.28. The van der Waals surface area contributed by atoms with Gasteiger partial charge in [-0.2, -0.15) is 0 Å². The molecule has 0 radical (unpaired) electrons. The molecule has 1 saturated heterocycles. The Bertz CT molecular complexity index is 686. The van der Waals surface area contributed by atoms with Crippen molar-refractivity contribution in [3.63, 3.8) is 0 Å². The van der Waals surface area contributed by atoms with Crippen LogP contribution in [-0.2, 0) is 4.79 Å². The van der Waals surface area contributed by atoms with Crippen molar-refractivity contribution in [3.05, 3.63) is 36.5 Å².